The molecular formula is C23H21N5O3. The monoisotopic (exact) mass is 415 g/mol. The molecule has 0 spiro atoms. The number of nitrogens with one attached hydrogen (secondary N) is 1. The van der Waals surface area contributed by atoms with Crippen LogP contribution in [0.4, 0.5) is 5.82 Å². The Morgan fingerprint density at radius 3 is 2.81 bits per heavy atom. The number of aromatic nitrogens is 3. The highest BCUT2D eigenvalue weighted by atomic mass is 16.4. The largest absolute Gasteiger partial charge is 0.437 e. The van der Waals surface area contributed by atoms with Gasteiger partial charge in [0.25, 0.3) is 11.8 Å². The number of amides is 2. The number of benzene rings is 1. The molecule has 3 aromatic rings. The van der Waals surface area contributed by atoms with Gasteiger partial charge in [-0.2, -0.15) is 0 Å². The molecule has 1 aromatic carbocycles. The second kappa shape index (κ2) is 8.79. The van der Waals surface area contributed by atoms with Gasteiger partial charge in [0.1, 0.15) is 11.8 Å². The van der Waals surface area contributed by atoms with E-state index in [1.807, 2.05) is 30.3 Å². The first kappa shape index (κ1) is 20.3. The first-order valence-corrected chi connectivity index (χ1v) is 9.88. The van der Waals surface area contributed by atoms with Crippen LogP contribution in [0.25, 0.3) is 0 Å². The third-order valence-electron chi connectivity index (χ3n) is 5.20. The van der Waals surface area contributed by atoms with Crippen LogP contribution in [-0.4, -0.2) is 39.9 Å². The quantitative estimate of drug-likeness (QED) is 0.642. The summed E-state index contributed by atoms with van der Waals surface area (Å²) < 4.78 is 5.62. The molecule has 0 aliphatic carbocycles. The Kier molecular flexibility index (Phi) is 5.76. The van der Waals surface area contributed by atoms with Crippen molar-refractivity contribution in [2.75, 3.05) is 11.9 Å². The molecule has 31 heavy (non-hydrogen) atoms. The molecule has 1 N–H and O–H groups in total. The third kappa shape index (κ3) is 4.31. The van der Waals surface area contributed by atoms with Gasteiger partial charge in [-0.3, -0.25) is 19.5 Å². The molecule has 0 fully saturated rings. The number of oxazole rings is 1. The SMILES string of the molecule is C#CC[C@H]1C[C@@H](NC(=O)c2ncc(Cc3ccccc3)o2)C(=O)N(C)c2nccnc21. The minimum Gasteiger partial charge on any atom is -0.437 e. The molecule has 8 heteroatoms. The van der Waals surface area contributed by atoms with E-state index in [-0.39, 0.29) is 17.7 Å². The summed E-state index contributed by atoms with van der Waals surface area (Å²) in [5.74, 6) is 2.47. The number of rotatable bonds is 5. The molecule has 1 aliphatic rings. The molecule has 0 radical (unpaired) electrons. The minimum atomic E-state index is -0.809. The van der Waals surface area contributed by atoms with Crippen molar-refractivity contribution in [3.8, 4) is 12.3 Å². The van der Waals surface area contributed by atoms with Gasteiger partial charge >= 0.3 is 5.91 Å². The molecule has 0 saturated carbocycles. The van der Waals surface area contributed by atoms with Crippen LogP contribution in [0.3, 0.4) is 0 Å². The molecule has 0 saturated heterocycles. The van der Waals surface area contributed by atoms with Gasteiger partial charge in [0.15, 0.2) is 5.82 Å². The highest BCUT2D eigenvalue weighted by molar-refractivity contribution is 6.01. The van der Waals surface area contributed by atoms with Gasteiger partial charge in [-0.05, 0) is 12.0 Å². The lowest BCUT2D eigenvalue weighted by atomic mass is 9.94. The number of nitrogens with zero attached hydrogens (tertiary/aromatic N) is 4. The second-order valence-electron chi connectivity index (χ2n) is 7.32. The fraction of sp³-hybridized carbons (Fsp3) is 0.261. The summed E-state index contributed by atoms with van der Waals surface area (Å²) in [6.07, 6.45) is 11.3. The van der Waals surface area contributed by atoms with E-state index in [9.17, 15) is 9.59 Å². The van der Waals surface area contributed by atoms with Gasteiger partial charge in [0.05, 0.1) is 11.9 Å². The zero-order valence-corrected chi connectivity index (χ0v) is 17.0. The molecule has 2 amide bonds. The van der Waals surface area contributed by atoms with E-state index in [0.29, 0.717) is 36.5 Å². The summed E-state index contributed by atoms with van der Waals surface area (Å²) in [6.45, 7) is 0. The van der Waals surface area contributed by atoms with Gasteiger partial charge in [-0.1, -0.05) is 30.3 Å². The molecule has 4 rings (SSSR count). The maximum atomic E-state index is 13.0. The predicted octanol–water partition coefficient (Wildman–Crippen LogP) is 2.33. The Bertz CT molecular complexity index is 1140. The lowest BCUT2D eigenvalue weighted by molar-refractivity contribution is -0.120. The van der Waals surface area contributed by atoms with Crippen molar-refractivity contribution in [1.29, 1.82) is 0 Å². The number of terminal acetylenes is 1. The van der Waals surface area contributed by atoms with Crippen molar-refractivity contribution in [1.82, 2.24) is 20.3 Å². The van der Waals surface area contributed by atoms with Gasteiger partial charge in [-0.15, -0.1) is 12.3 Å². The first-order chi connectivity index (χ1) is 15.1. The van der Waals surface area contributed by atoms with Crippen molar-refractivity contribution in [2.24, 2.45) is 0 Å². The van der Waals surface area contributed by atoms with Crippen LogP contribution in [0.1, 0.15) is 46.5 Å². The van der Waals surface area contributed by atoms with Crippen LogP contribution in [0.2, 0.25) is 0 Å². The first-order valence-electron chi connectivity index (χ1n) is 9.88. The van der Waals surface area contributed by atoms with Crippen LogP contribution in [0, 0.1) is 12.3 Å². The van der Waals surface area contributed by atoms with Gasteiger partial charge in [0.2, 0.25) is 0 Å². The summed E-state index contributed by atoms with van der Waals surface area (Å²) in [4.78, 5) is 39.9. The molecule has 3 heterocycles. The van der Waals surface area contributed by atoms with Crippen molar-refractivity contribution in [3.05, 3.63) is 71.8 Å². The third-order valence-corrected chi connectivity index (χ3v) is 5.20. The summed E-state index contributed by atoms with van der Waals surface area (Å²) in [5.41, 5.74) is 1.69. The van der Waals surface area contributed by atoms with Crippen LogP contribution in [0.5, 0.6) is 0 Å². The standard InChI is InChI=1S/C23H21N5O3/c1-3-7-16-13-18(23(30)28(2)20-19(16)24-10-11-25-20)27-21(29)22-26-14-17(31-22)12-15-8-5-4-6-9-15/h1,4-6,8-11,14,16,18H,7,12-13H2,2H3,(H,27,29)/t16-,18+/m0/s1. The molecular weight excluding hydrogens is 394 g/mol. The summed E-state index contributed by atoms with van der Waals surface area (Å²) in [6, 6.07) is 8.92. The predicted molar refractivity (Wildman–Crippen MR) is 113 cm³/mol. The smallest absolute Gasteiger partial charge is 0.307 e. The van der Waals surface area contributed by atoms with E-state index in [1.54, 1.807) is 13.2 Å². The normalized spacial score (nSPS) is 18.1. The maximum Gasteiger partial charge on any atom is 0.307 e. The van der Waals surface area contributed by atoms with Gasteiger partial charge < -0.3 is 9.73 Å². The Morgan fingerprint density at radius 1 is 1.26 bits per heavy atom. The Morgan fingerprint density at radius 2 is 2.03 bits per heavy atom. The van der Waals surface area contributed by atoms with Crippen LogP contribution < -0.4 is 10.2 Å². The molecule has 0 bridgehead atoms. The van der Waals surface area contributed by atoms with Crippen molar-refractivity contribution >= 4 is 17.6 Å². The van der Waals surface area contributed by atoms with E-state index in [1.165, 1.54) is 17.3 Å². The highest BCUT2D eigenvalue weighted by Crippen LogP contribution is 2.33. The fourth-order valence-corrected chi connectivity index (χ4v) is 3.68. The topological polar surface area (TPSA) is 101 Å². The van der Waals surface area contributed by atoms with E-state index in [2.05, 4.69) is 26.2 Å². The van der Waals surface area contributed by atoms with E-state index < -0.39 is 11.9 Å². The number of carbonyl (C=O) groups is 2. The fourth-order valence-electron chi connectivity index (χ4n) is 3.68. The van der Waals surface area contributed by atoms with Gasteiger partial charge in [0, 0.05) is 38.2 Å². The highest BCUT2D eigenvalue weighted by Gasteiger charge is 2.36. The molecule has 1 aliphatic heterocycles. The van der Waals surface area contributed by atoms with Crippen molar-refractivity contribution in [3.63, 3.8) is 0 Å². The lowest BCUT2D eigenvalue weighted by Gasteiger charge is -2.20. The van der Waals surface area contributed by atoms with E-state index in [0.717, 1.165) is 5.56 Å². The minimum absolute atomic E-state index is 0.0899. The summed E-state index contributed by atoms with van der Waals surface area (Å²) in [7, 11) is 1.61. The summed E-state index contributed by atoms with van der Waals surface area (Å²) >= 11 is 0. The van der Waals surface area contributed by atoms with Gasteiger partial charge in [-0.25, -0.2) is 9.97 Å². The van der Waals surface area contributed by atoms with E-state index in [4.69, 9.17) is 10.8 Å². The number of fused-ring (bicyclic) bond motifs is 1. The maximum absolute atomic E-state index is 13.0. The number of hydrogen-bond donors (Lipinski definition) is 1. The zero-order chi connectivity index (χ0) is 21.8. The van der Waals surface area contributed by atoms with Crippen LogP contribution in [0.15, 0.2) is 53.3 Å². The zero-order valence-electron chi connectivity index (χ0n) is 17.0. The molecule has 8 nitrogen and oxygen atoms in total. The molecule has 2 atom stereocenters. The average molecular weight is 415 g/mol. The number of carbonyl (C=O) groups excluding carboxylic acids is 2. The number of likely N-dealkylation sites (N-methyl/N-ethyl adjacent to an activating group) is 1. The summed E-state index contributed by atoms with van der Waals surface area (Å²) in [5, 5.41) is 2.75. The molecule has 0 unspecified atom stereocenters. The molecule has 2 aromatic heterocycles. The Balaban J connectivity index is 1.51. The lowest BCUT2D eigenvalue weighted by Crippen LogP contribution is -2.47. The van der Waals surface area contributed by atoms with Crippen LogP contribution in [-0.2, 0) is 11.2 Å². The van der Waals surface area contributed by atoms with Crippen molar-refractivity contribution < 1.29 is 14.0 Å². The number of anilines is 1. The van der Waals surface area contributed by atoms with Crippen molar-refractivity contribution in [2.45, 2.75) is 31.2 Å². The van der Waals surface area contributed by atoms with Crippen LogP contribution >= 0.6 is 0 Å². The number of hydrogen-bond acceptors (Lipinski definition) is 6. The molecule has 156 valence electrons. The Labute approximate surface area is 179 Å². The Hall–Kier alpha value is -3.99. The van der Waals surface area contributed by atoms with E-state index >= 15 is 0 Å². The average Bonchev–Trinajstić information content (AvgIpc) is 3.23. The second-order valence-corrected chi connectivity index (χ2v) is 7.32.